The molecule has 0 aromatic carbocycles. The molecule has 1 atom stereocenters. The van der Waals surface area contributed by atoms with Crippen LogP contribution in [0.25, 0.3) is 0 Å². The summed E-state index contributed by atoms with van der Waals surface area (Å²) >= 11 is 5.77. The molecule has 0 saturated carbocycles. The Morgan fingerprint density at radius 1 is 1.47 bits per heavy atom. The first kappa shape index (κ1) is 12.3. The van der Waals surface area contributed by atoms with E-state index in [1.54, 1.807) is 6.92 Å². The average molecular weight is 230 g/mol. The van der Waals surface area contributed by atoms with Crippen molar-refractivity contribution in [3.8, 4) is 6.07 Å². The molecule has 1 heterocycles. The zero-order valence-electron chi connectivity index (χ0n) is 8.95. The zero-order chi connectivity index (χ0) is 11.3. The minimum Gasteiger partial charge on any atom is -0.342 e. The quantitative estimate of drug-likeness (QED) is 0.654. The van der Waals surface area contributed by atoms with Crippen LogP contribution < -0.4 is 0 Å². The van der Waals surface area contributed by atoms with Gasteiger partial charge in [-0.25, -0.2) is 0 Å². The fraction of sp³-hybridized carbons (Fsp3) is 0.800. The van der Waals surface area contributed by atoms with E-state index in [-0.39, 0.29) is 5.91 Å². The van der Waals surface area contributed by atoms with Gasteiger partial charge in [-0.3, -0.25) is 9.69 Å². The molecule has 1 unspecified atom stereocenters. The van der Waals surface area contributed by atoms with Crippen molar-refractivity contribution in [1.29, 1.82) is 5.26 Å². The Labute approximate surface area is 95.4 Å². The Hall–Kier alpha value is -0.790. The molecule has 15 heavy (non-hydrogen) atoms. The summed E-state index contributed by atoms with van der Waals surface area (Å²) in [5, 5.41) is 8.15. The SMILES string of the molecule is CC(=O)N1CCCN(CC(Cl)C#N)CC1. The number of amides is 1. The Morgan fingerprint density at radius 2 is 2.20 bits per heavy atom. The van der Waals surface area contributed by atoms with Crippen molar-refractivity contribution in [1.82, 2.24) is 9.80 Å². The number of alkyl halides is 1. The van der Waals surface area contributed by atoms with E-state index < -0.39 is 5.38 Å². The lowest BCUT2D eigenvalue weighted by Crippen LogP contribution is -2.35. The van der Waals surface area contributed by atoms with E-state index in [0.717, 1.165) is 32.6 Å². The molecule has 0 N–H and O–H groups in total. The van der Waals surface area contributed by atoms with Crippen LogP contribution in [0.1, 0.15) is 13.3 Å². The zero-order valence-corrected chi connectivity index (χ0v) is 9.70. The van der Waals surface area contributed by atoms with Gasteiger partial charge in [0.2, 0.25) is 5.91 Å². The van der Waals surface area contributed by atoms with Crippen LogP contribution in [0.2, 0.25) is 0 Å². The summed E-state index contributed by atoms with van der Waals surface area (Å²) in [6.45, 7) is 5.45. The molecule has 0 radical (unpaired) electrons. The predicted molar refractivity (Wildman–Crippen MR) is 58.6 cm³/mol. The summed E-state index contributed by atoms with van der Waals surface area (Å²) in [4.78, 5) is 15.2. The lowest BCUT2D eigenvalue weighted by molar-refractivity contribution is -0.128. The van der Waals surface area contributed by atoms with Gasteiger partial charge in [0.25, 0.3) is 0 Å². The topological polar surface area (TPSA) is 47.3 Å². The first-order valence-electron chi connectivity index (χ1n) is 5.15. The van der Waals surface area contributed by atoms with Gasteiger partial charge in [-0.05, 0) is 13.0 Å². The third-order valence-electron chi connectivity index (χ3n) is 2.59. The van der Waals surface area contributed by atoms with Crippen molar-refractivity contribution in [2.45, 2.75) is 18.7 Å². The molecule has 0 bridgehead atoms. The lowest BCUT2D eigenvalue weighted by atomic mass is 10.3. The highest BCUT2D eigenvalue weighted by Gasteiger charge is 2.18. The van der Waals surface area contributed by atoms with Gasteiger partial charge in [0.1, 0.15) is 5.38 Å². The molecule has 0 spiro atoms. The highest BCUT2D eigenvalue weighted by atomic mass is 35.5. The molecular formula is C10H16ClN3O. The molecule has 4 nitrogen and oxygen atoms in total. The molecule has 1 fully saturated rings. The van der Waals surface area contributed by atoms with E-state index in [2.05, 4.69) is 4.90 Å². The third-order valence-corrected chi connectivity index (χ3v) is 2.83. The Morgan fingerprint density at radius 3 is 2.80 bits per heavy atom. The van der Waals surface area contributed by atoms with Crippen LogP contribution in [0, 0.1) is 11.3 Å². The second kappa shape index (κ2) is 5.94. The molecule has 1 amide bonds. The van der Waals surface area contributed by atoms with Crippen LogP contribution in [-0.2, 0) is 4.79 Å². The van der Waals surface area contributed by atoms with E-state index in [9.17, 15) is 4.79 Å². The summed E-state index contributed by atoms with van der Waals surface area (Å²) in [5.41, 5.74) is 0. The average Bonchev–Trinajstić information content (AvgIpc) is 2.43. The minimum atomic E-state index is -0.450. The van der Waals surface area contributed by atoms with Crippen LogP contribution >= 0.6 is 11.6 Å². The van der Waals surface area contributed by atoms with Gasteiger partial charge in [-0.15, -0.1) is 11.6 Å². The molecule has 1 aliphatic rings. The Bertz CT molecular complexity index is 264. The molecule has 0 aliphatic carbocycles. The van der Waals surface area contributed by atoms with Gasteiger partial charge in [0.05, 0.1) is 6.07 Å². The van der Waals surface area contributed by atoms with Crippen LogP contribution in [0.4, 0.5) is 0 Å². The summed E-state index contributed by atoms with van der Waals surface area (Å²) in [5.74, 6) is 0.125. The first-order valence-corrected chi connectivity index (χ1v) is 5.58. The van der Waals surface area contributed by atoms with E-state index >= 15 is 0 Å². The maximum Gasteiger partial charge on any atom is 0.219 e. The summed E-state index contributed by atoms with van der Waals surface area (Å²) < 4.78 is 0. The van der Waals surface area contributed by atoms with E-state index in [1.807, 2.05) is 11.0 Å². The predicted octanol–water partition coefficient (Wildman–Crippen LogP) is 0.672. The number of halogens is 1. The maximum absolute atomic E-state index is 11.2. The Kier molecular flexibility index (Phi) is 4.86. The van der Waals surface area contributed by atoms with Gasteiger partial charge < -0.3 is 4.90 Å². The smallest absolute Gasteiger partial charge is 0.219 e. The summed E-state index contributed by atoms with van der Waals surface area (Å²) in [7, 11) is 0. The molecular weight excluding hydrogens is 214 g/mol. The summed E-state index contributed by atoms with van der Waals surface area (Å²) in [6.07, 6.45) is 0.953. The number of nitriles is 1. The van der Waals surface area contributed by atoms with Crippen molar-refractivity contribution >= 4 is 17.5 Å². The molecule has 5 heteroatoms. The number of nitrogens with zero attached hydrogens (tertiary/aromatic N) is 3. The van der Waals surface area contributed by atoms with Gasteiger partial charge in [-0.2, -0.15) is 5.26 Å². The molecule has 1 aliphatic heterocycles. The largest absolute Gasteiger partial charge is 0.342 e. The van der Waals surface area contributed by atoms with Crippen LogP contribution in [0.5, 0.6) is 0 Å². The molecule has 84 valence electrons. The van der Waals surface area contributed by atoms with Gasteiger partial charge in [-0.1, -0.05) is 0 Å². The van der Waals surface area contributed by atoms with E-state index in [4.69, 9.17) is 16.9 Å². The van der Waals surface area contributed by atoms with Gasteiger partial charge in [0, 0.05) is 33.1 Å². The lowest BCUT2D eigenvalue weighted by Gasteiger charge is -2.21. The molecule has 1 rings (SSSR count). The fourth-order valence-electron chi connectivity index (χ4n) is 1.74. The minimum absolute atomic E-state index is 0.125. The van der Waals surface area contributed by atoms with Crippen LogP contribution in [0.15, 0.2) is 0 Å². The number of hydrogen-bond donors (Lipinski definition) is 0. The number of rotatable bonds is 2. The normalized spacial score (nSPS) is 20.5. The maximum atomic E-state index is 11.2. The second-order valence-electron chi connectivity index (χ2n) is 3.76. The van der Waals surface area contributed by atoms with E-state index in [0.29, 0.717) is 6.54 Å². The fourth-order valence-corrected chi connectivity index (χ4v) is 1.93. The van der Waals surface area contributed by atoms with Crippen molar-refractivity contribution in [3.63, 3.8) is 0 Å². The highest BCUT2D eigenvalue weighted by Crippen LogP contribution is 2.06. The third kappa shape index (κ3) is 4.06. The van der Waals surface area contributed by atoms with Crippen LogP contribution in [0.3, 0.4) is 0 Å². The van der Waals surface area contributed by atoms with E-state index in [1.165, 1.54) is 0 Å². The Balaban J connectivity index is 2.39. The van der Waals surface area contributed by atoms with Gasteiger partial charge in [0.15, 0.2) is 0 Å². The number of carbonyl (C=O) groups is 1. The molecule has 0 aromatic rings. The molecule has 1 saturated heterocycles. The second-order valence-corrected chi connectivity index (χ2v) is 4.28. The van der Waals surface area contributed by atoms with Gasteiger partial charge >= 0.3 is 0 Å². The monoisotopic (exact) mass is 229 g/mol. The molecule has 0 aromatic heterocycles. The first-order chi connectivity index (χ1) is 7.13. The van der Waals surface area contributed by atoms with Crippen molar-refractivity contribution in [2.75, 3.05) is 32.7 Å². The summed E-state index contributed by atoms with van der Waals surface area (Å²) in [6, 6.07) is 2.01. The number of hydrogen-bond acceptors (Lipinski definition) is 3. The standard InChI is InChI=1S/C10H16ClN3O/c1-9(15)14-4-2-3-13(5-6-14)8-10(11)7-12/h10H,2-6,8H2,1H3. The van der Waals surface area contributed by atoms with Crippen LogP contribution in [-0.4, -0.2) is 53.8 Å². The number of carbonyl (C=O) groups excluding carboxylic acids is 1. The van der Waals surface area contributed by atoms with Crippen molar-refractivity contribution in [3.05, 3.63) is 0 Å². The highest BCUT2D eigenvalue weighted by molar-refractivity contribution is 6.22. The van der Waals surface area contributed by atoms with Crippen molar-refractivity contribution in [2.24, 2.45) is 0 Å². The van der Waals surface area contributed by atoms with Crippen molar-refractivity contribution < 1.29 is 4.79 Å².